The first-order valence-corrected chi connectivity index (χ1v) is 6.37. The Balaban J connectivity index is 0.000000576. The van der Waals surface area contributed by atoms with E-state index < -0.39 is 0 Å². The zero-order valence-corrected chi connectivity index (χ0v) is 15.7. The van der Waals surface area contributed by atoms with Crippen LogP contribution in [0.4, 0.5) is 5.69 Å². The van der Waals surface area contributed by atoms with Crippen LogP contribution in [-0.2, 0) is 26.5 Å². The number of fused-ring (bicyclic) bond motifs is 1. The van der Waals surface area contributed by atoms with E-state index in [1.165, 1.54) is 5.92 Å². The Morgan fingerprint density at radius 2 is 1.89 bits per heavy atom. The summed E-state index contributed by atoms with van der Waals surface area (Å²) in [6.07, 6.45) is 2.98. The average Bonchev–Trinajstić information content (AvgIpc) is 2.26. The first-order chi connectivity index (χ1) is 8.30. The number of rotatable bonds is 0. The number of nitrogens with zero attached hydrogens (tertiary/aromatic N) is 1. The van der Waals surface area contributed by atoms with E-state index in [2.05, 4.69) is 58.0 Å². The number of hydrogen-bond acceptors (Lipinski definition) is 3. The molecule has 4 heteroatoms. The van der Waals surface area contributed by atoms with Gasteiger partial charge >= 0.3 is 21.1 Å². The Bertz CT molecular complexity index is 383. The summed E-state index contributed by atoms with van der Waals surface area (Å²) in [6, 6.07) is 2.00. The van der Waals surface area contributed by atoms with Crippen LogP contribution in [0.1, 0.15) is 47.2 Å². The Hall–Kier alpha value is -0.562. The van der Waals surface area contributed by atoms with Crippen molar-refractivity contribution in [3.8, 4) is 5.75 Å². The third kappa shape index (κ3) is 6.42. The van der Waals surface area contributed by atoms with Crippen LogP contribution < -0.4 is 10.1 Å². The fourth-order valence-corrected chi connectivity index (χ4v) is 1.36. The van der Waals surface area contributed by atoms with Crippen LogP contribution in [0.3, 0.4) is 0 Å². The SMILES string of the molecule is CC(C)(C)c1cc2c([c-]n1)NCCO2.C[C-](C)C.[W+2]. The number of anilines is 1. The van der Waals surface area contributed by atoms with Crippen LogP contribution in [0.15, 0.2) is 6.07 Å². The monoisotopic (exact) mass is 432 g/mol. The molecule has 0 saturated carbocycles. The second-order valence-electron chi connectivity index (χ2n) is 6.02. The minimum absolute atomic E-state index is 0. The summed E-state index contributed by atoms with van der Waals surface area (Å²) in [5, 5.41) is 3.20. The van der Waals surface area contributed by atoms with E-state index >= 15 is 0 Å². The van der Waals surface area contributed by atoms with Crippen LogP contribution in [0.2, 0.25) is 0 Å². The molecule has 2 rings (SSSR count). The maximum atomic E-state index is 5.53. The molecule has 0 amide bonds. The summed E-state index contributed by atoms with van der Waals surface area (Å²) in [4.78, 5) is 4.30. The standard InChI is InChI=1S/C11H15N2O.C4H9.W/c1-11(2,3)10-6-9-8(7-13-10)12-4-5-14-9;1-4(2)3;/h6,12H,4-5H2,1-3H3;1-3H3;/q2*-1;+2. The van der Waals surface area contributed by atoms with Gasteiger partial charge in [0.2, 0.25) is 0 Å². The first-order valence-electron chi connectivity index (χ1n) is 6.37. The largest absolute Gasteiger partial charge is 2.00 e. The van der Waals surface area contributed by atoms with Gasteiger partial charge < -0.3 is 21.0 Å². The predicted octanol–water partition coefficient (Wildman–Crippen LogP) is 3.60. The number of nitrogens with one attached hydrogen (secondary N) is 1. The molecule has 0 spiro atoms. The molecular formula is C15H24N2OW. The average molecular weight is 432 g/mol. The second-order valence-corrected chi connectivity index (χ2v) is 6.02. The molecule has 1 aliphatic heterocycles. The van der Waals surface area contributed by atoms with Gasteiger partial charge in [-0.3, -0.25) is 0 Å². The third-order valence-corrected chi connectivity index (χ3v) is 2.23. The summed E-state index contributed by atoms with van der Waals surface area (Å²) in [7, 11) is 0. The van der Waals surface area contributed by atoms with Crippen molar-refractivity contribution >= 4 is 5.69 Å². The summed E-state index contributed by atoms with van der Waals surface area (Å²) >= 11 is 0. The van der Waals surface area contributed by atoms with Gasteiger partial charge in [-0.15, -0.1) is 6.07 Å². The molecule has 0 radical (unpaired) electrons. The van der Waals surface area contributed by atoms with E-state index in [0.717, 1.165) is 23.7 Å². The normalized spacial score (nSPS) is 13.2. The molecular weight excluding hydrogens is 408 g/mol. The molecule has 1 aromatic rings. The van der Waals surface area contributed by atoms with Crippen LogP contribution in [-0.4, -0.2) is 18.1 Å². The summed E-state index contributed by atoms with van der Waals surface area (Å²) in [5.41, 5.74) is 1.94. The van der Waals surface area contributed by atoms with E-state index in [4.69, 9.17) is 4.74 Å². The van der Waals surface area contributed by atoms with Gasteiger partial charge in [-0.05, 0) is 11.1 Å². The molecule has 1 aromatic heterocycles. The van der Waals surface area contributed by atoms with Crippen molar-refractivity contribution < 1.29 is 25.8 Å². The van der Waals surface area contributed by atoms with Crippen molar-refractivity contribution in [1.82, 2.24) is 4.98 Å². The Morgan fingerprint density at radius 1 is 1.32 bits per heavy atom. The molecule has 19 heavy (non-hydrogen) atoms. The van der Waals surface area contributed by atoms with Gasteiger partial charge in [-0.25, -0.2) is 0 Å². The molecule has 0 atom stereocenters. The molecule has 106 valence electrons. The zero-order chi connectivity index (χ0) is 13.8. The first kappa shape index (κ1) is 18.4. The topological polar surface area (TPSA) is 34.2 Å². The second kappa shape index (κ2) is 7.89. The molecule has 3 nitrogen and oxygen atoms in total. The van der Waals surface area contributed by atoms with E-state index in [-0.39, 0.29) is 26.5 Å². The van der Waals surface area contributed by atoms with E-state index in [1.807, 2.05) is 6.07 Å². The summed E-state index contributed by atoms with van der Waals surface area (Å²) in [6.45, 7) is 14.2. The van der Waals surface area contributed by atoms with Crippen LogP contribution in [0.5, 0.6) is 5.75 Å². The number of aromatic nitrogens is 1. The zero-order valence-electron chi connectivity index (χ0n) is 12.8. The van der Waals surface area contributed by atoms with Gasteiger partial charge in [0.15, 0.2) is 0 Å². The van der Waals surface area contributed by atoms with E-state index in [9.17, 15) is 0 Å². The number of pyridine rings is 1. The third-order valence-electron chi connectivity index (χ3n) is 2.23. The van der Waals surface area contributed by atoms with Crippen LogP contribution >= 0.6 is 0 Å². The Kier molecular flexibility index (Phi) is 7.66. The van der Waals surface area contributed by atoms with Crippen molar-refractivity contribution in [2.24, 2.45) is 0 Å². The molecule has 0 unspecified atom stereocenters. The van der Waals surface area contributed by atoms with Gasteiger partial charge in [-0.1, -0.05) is 32.7 Å². The summed E-state index contributed by atoms with van der Waals surface area (Å²) in [5.74, 6) is 2.29. The smallest absolute Gasteiger partial charge is 0.547 e. The van der Waals surface area contributed by atoms with Crippen molar-refractivity contribution in [2.75, 3.05) is 18.5 Å². The fourth-order valence-electron chi connectivity index (χ4n) is 1.36. The Morgan fingerprint density at radius 3 is 2.42 bits per heavy atom. The molecule has 2 heterocycles. The van der Waals surface area contributed by atoms with Gasteiger partial charge in [-0.2, -0.15) is 20.8 Å². The Labute approximate surface area is 131 Å². The number of hydrogen-bond donors (Lipinski definition) is 1. The fraction of sp³-hybridized carbons (Fsp3) is 0.600. The van der Waals surface area contributed by atoms with Gasteiger partial charge in [0, 0.05) is 12.3 Å². The van der Waals surface area contributed by atoms with Crippen molar-refractivity contribution in [3.63, 3.8) is 0 Å². The summed E-state index contributed by atoms with van der Waals surface area (Å²) < 4.78 is 5.53. The number of ether oxygens (including phenoxy) is 1. The van der Waals surface area contributed by atoms with Gasteiger partial charge in [0.1, 0.15) is 0 Å². The quantitative estimate of drug-likeness (QED) is 0.637. The molecule has 0 fully saturated rings. The molecule has 0 aromatic carbocycles. The van der Waals surface area contributed by atoms with Crippen molar-refractivity contribution in [3.05, 3.63) is 23.9 Å². The van der Waals surface area contributed by atoms with Crippen LogP contribution in [0, 0.1) is 12.1 Å². The molecule has 1 aliphatic rings. The minimum Gasteiger partial charge on any atom is -0.547 e. The predicted molar refractivity (Wildman–Crippen MR) is 76.0 cm³/mol. The maximum Gasteiger partial charge on any atom is 2.00 e. The molecule has 1 N–H and O–H groups in total. The molecule has 0 saturated heterocycles. The van der Waals surface area contributed by atoms with E-state index in [1.54, 1.807) is 0 Å². The van der Waals surface area contributed by atoms with Crippen LogP contribution in [0.25, 0.3) is 0 Å². The minimum atomic E-state index is 0. The van der Waals surface area contributed by atoms with E-state index in [0.29, 0.717) is 6.61 Å². The maximum absolute atomic E-state index is 5.53. The molecule has 0 bridgehead atoms. The van der Waals surface area contributed by atoms with Gasteiger partial charge in [0.25, 0.3) is 0 Å². The van der Waals surface area contributed by atoms with Crippen molar-refractivity contribution in [1.29, 1.82) is 0 Å². The van der Waals surface area contributed by atoms with Gasteiger partial charge in [0.05, 0.1) is 6.61 Å². The van der Waals surface area contributed by atoms with Crippen molar-refractivity contribution in [2.45, 2.75) is 47.0 Å². The molecule has 0 aliphatic carbocycles.